The van der Waals surface area contributed by atoms with Crippen molar-refractivity contribution in [2.75, 3.05) is 26.4 Å². The second kappa shape index (κ2) is 42.6. The summed E-state index contributed by atoms with van der Waals surface area (Å²) in [5.74, 6) is -0.197. The van der Waals surface area contributed by atoms with Gasteiger partial charge in [-0.1, -0.05) is 187 Å². The average molecular weight is 953 g/mol. The van der Waals surface area contributed by atoms with Crippen LogP contribution in [-0.4, -0.2) is 76.1 Å². The third kappa shape index (κ3) is 46.8. The van der Waals surface area contributed by atoms with Crippen LogP contribution in [0.25, 0.3) is 0 Å². The van der Waals surface area contributed by atoms with E-state index in [1.807, 2.05) is 6.08 Å². The molecule has 64 heavy (non-hydrogen) atoms. The van der Waals surface area contributed by atoms with E-state index in [-0.39, 0.29) is 18.6 Å². The maximum Gasteiger partial charge on any atom is 0.472 e. The van der Waals surface area contributed by atoms with Gasteiger partial charge < -0.3 is 29.3 Å². The zero-order valence-corrected chi connectivity index (χ0v) is 41.8. The van der Waals surface area contributed by atoms with Crippen molar-refractivity contribution >= 4 is 33.4 Å². The van der Waals surface area contributed by atoms with Crippen LogP contribution >= 0.6 is 15.6 Å². The maximum absolute atomic E-state index is 12.7. The van der Waals surface area contributed by atoms with E-state index in [9.17, 15) is 33.5 Å². The van der Waals surface area contributed by atoms with Crippen LogP contribution < -0.4 is 0 Å². The number of hydrogen-bond acceptors (Lipinski definition) is 11. The van der Waals surface area contributed by atoms with E-state index in [0.29, 0.717) is 19.3 Å². The molecule has 0 aliphatic heterocycles. The molecule has 0 spiro atoms. The van der Waals surface area contributed by atoms with Gasteiger partial charge in [-0.15, -0.1) is 0 Å². The Morgan fingerprint density at radius 3 is 1.48 bits per heavy atom. The highest BCUT2D eigenvalue weighted by Gasteiger charge is 2.28. The Labute approximate surface area is 387 Å². The molecular weight excluding hydrogens is 862 g/mol. The SMILES string of the molecule is CCCCC/C=C\C=C\C(=O)CCCCCCCC(=O)OC[C@H](COP(=O)(O)OC[C@@H](O)COP(=O)(O)O)OC(=O)CCCCCCCCCCCCCCCCCCCCC(C)C. The molecule has 376 valence electrons. The number of allylic oxidation sites excluding steroid dienone is 4. The van der Waals surface area contributed by atoms with Crippen LogP contribution in [0.4, 0.5) is 0 Å². The number of rotatable bonds is 47. The Kier molecular flexibility index (Phi) is 41.5. The van der Waals surface area contributed by atoms with Crippen molar-refractivity contribution in [3.63, 3.8) is 0 Å². The number of aliphatic hydroxyl groups excluding tert-OH is 1. The molecule has 0 bridgehead atoms. The first-order valence-corrected chi connectivity index (χ1v) is 27.9. The van der Waals surface area contributed by atoms with Gasteiger partial charge in [-0.05, 0) is 44.1 Å². The molecule has 4 N–H and O–H groups in total. The minimum Gasteiger partial charge on any atom is -0.462 e. The van der Waals surface area contributed by atoms with Crippen LogP contribution in [-0.2, 0) is 46.6 Å². The number of hydrogen-bond donors (Lipinski definition) is 4. The fourth-order valence-electron chi connectivity index (χ4n) is 6.93. The summed E-state index contributed by atoms with van der Waals surface area (Å²) >= 11 is 0. The van der Waals surface area contributed by atoms with E-state index in [1.165, 1.54) is 109 Å². The molecule has 0 fully saturated rings. The van der Waals surface area contributed by atoms with Crippen LogP contribution in [0.15, 0.2) is 24.3 Å². The van der Waals surface area contributed by atoms with E-state index in [4.69, 9.17) is 28.3 Å². The zero-order valence-electron chi connectivity index (χ0n) is 40.1. The summed E-state index contributed by atoms with van der Waals surface area (Å²) in [6, 6.07) is 0. The zero-order chi connectivity index (χ0) is 47.6. The number of phosphoric ester groups is 2. The second-order valence-electron chi connectivity index (χ2n) is 17.6. The quantitative estimate of drug-likeness (QED) is 0.0147. The smallest absolute Gasteiger partial charge is 0.462 e. The number of unbranched alkanes of at least 4 members (excludes halogenated alkanes) is 24. The first-order valence-electron chi connectivity index (χ1n) is 24.8. The molecule has 1 unspecified atom stereocenters. The number of ether oxygens (including phenoxy) is 2. The van der Waals surface area contributed by atoms with Crippen molar-refractivity contribution in [3.8, 4) is 0 Å². The maximum atomic E-state index is 12.7. The normalized spacial score (nSPS) is 14.1. The summed E-state index contributed by atoms with van der Waals surface area (Å²) in [6.45, 7) is 3.96. The summed E-state index contributed by atoms with van der Waals surface area (Å²) in [5.41, 5.74) is 0. The van der Waals surface area contributed by atoms with Crippen molar-refractivity contribution in [2.24, 2.45) is 5.92 Å². The molecule has 0 rings (SSSR count). The van der Waals surface area contributed by atoms with E-state index in [0.717, 1.165) is 63.7 Å². The minimum atomic E-state index is -4.88. The topological polar surface area (TPSA) is 212 Å². The molecule has 0 saturated heterocycles. The number of esters is 2. The van der Waals surface area contributed by atoms with Crippen LogP contribution in [0.3, 0.4) is 0 Å². The summed E-state index contributed by atoms with van der Waals surface area (Å²) in [7, 11) is -9.71. The van der Waals surface area contributed by atoms with E-state index in [2.05, 4.69) is 31.4 Å². The van der Waals surface area contributed by atoms with Gasteiger partial charge >= 0.3 is 27.6 Å². The molecule has 16 heteroatoms. The van der Waals surface area contributed by atoms with Crippen molar-refractivity contribution in [1.82, 2.24) is 0 Å². The lowest BCUT2D eigenvalue weighted by molar-refractivity contribution is -0.161. The number of carbonyl (C=O) groups is 3. The lowest BCUT2D eigenvalue weighted by atomic mass is 10.0. The largest absolute Gasteiger partial charge is 0.472 e. The summed E-state index contributed by atoms with van der Waals surface area (Å²) in [6.07, 6.45) is 37.0. The number of carbonyl (C=O) groups excluding carboxylic acids is 3. The predicted octanol–water partition coefficient (Wildman–Crippen LogP) is 12.5. The predicted molar refractivity (Wildman–Crippen MR) is 253 cm³/mol. The van der Waals surface area contributed by atoms with E-state index >= 15 is 0 Å². The Hall–Kier alpha value is -1.73. The van der Waals surface area contributed by atoms with Crippen LogP contribution in [0.1, 0.15) is 220 Å². The van der Waals surface area contributed by atoms with E-state index < -0.39 is 66.2 Å². The molecule has 0 saturated carbocycles. The Morgan fingerprint density at radius 1 is 0.531 bits per heavy atom. The first-order chi connectivity index (χ1) is 30.6. The van der Waals surface area contributed by atoms with Gasteiger partial charge in [0.25, 0.3) is 0 Å². The molecular formula is C48H90O14P2. The molecule has 0 amide bonds. The Bertz CT molecular complexity index is 1300. The van der Waals surface area contributed by atoms with Gasteiger partial charge in [-0.25, -0.2) is 9.13 Å². The van der Waals surface area contributed by atoms with Gasteiger partial charge in [-0.2, -0.15) is 0 Å². The summed E-state index contributed by atoms with van der Waals surface area (Å²) < 4.78 is 47.8. The highest BCUT2D eigenvalue weighted by molar-refractivity contribution is 7.47. The van der Waals surface area contributed by atoms with Gasteiger partial charge in [0, 0.05) is 19.3 Å². The van der Waals surface area contributed by atoms with Crippen molar-refractivity contribution in [2.45, 2.75) is 232 Å². The highest BCUT2D eigenvalue weighted by Crippen LogP contribution is 2.44. The molecule has 0 aromatic rings. The van der Waals surface area contributed by atoms with Gasteiger partial charge in [0.05, 0.1) is 19.8 Å². The molecule has 0 aliphatic rings. The number of phosphoric acid groups is 2. The first kappa shape index (κ1) is 62.3. The van der Waals surface area contributed by atoms with Gasteiger partial charge in [0.1, 0.15) is 12.7 Å². The van der Waals surface area contributed by atoms with Gasteiger partial charge in [0.15, 0.2) is 11.9 Å². The third-order valence-corrected chi connectivity index (χ3v) is 12.2. The summed E-state index contributed by atoms with van der Waals surface area (Å²) in [4.78, 5) is 64.9. The molecule has 0 aliphatic carbocycles. The Morgan fingerprint density at radius 2 is 0.984 bits per heavy atom. The van der Waals surface area contributed by atoms with Crippen LogP contribution in [0, 0.1) is 5.92 Å². The fourth-order valence-corrected chi connectivity index (χ4v) is 8.08. The molecule has 0 heterocycles. The monoisotopic (exact) mass is 953 g/mol. The molecule has 0 aromatic heterocycles. The minimum absolute atomic E-state index is 0.0890. The number of ketones is 1. The molecule has 0 radical (unpaired) electrons. The van der Waals surface area contributed by atoms with Gasteiger partial charge in [0.2, 0.25) is 0 Å². The molecule has 3 atom stereocenters. The summed E-state index contributed by atoms with van der Waals surface area (Å²) in [5, 5.41) is 9.77. The van der Waals surface area contributed by atoms with Crippen molar-refractivity contribution in [1.29, 1.82) is 0 Å². The highest BCUT2D eigenvalue weighted by atomic mass is 31.2. The third-order valence-electron chi connectivity index (χ3n) is 10.7. The van der Waals surface area contributed by atoms with Crippen molar-refractivity contribution < 1.29 is 66.3 Å². The second-order valence-corrected chi connectivity index (χ2v) is 20.3. The van der Waals surface area contributed by atoms with Crippen LogP contribution in [0.5, 0.6) is 0 Å². The molecule has 14 nitrogen and oxygen atoms in total. The van der Waals surface area contributed by atoms with Crippen molar-refractivity contribution in [3.05, 3.63) is 24.3 Å². The number of aliphatic hydroxyl groups is 1. The fraction of sp³-hybridized carbons (Fsp3) is 0.854. The average Bonchev–Trinajstić information content (AvgIpc) is 3.24. The standard InChI is InChI=1S/C48H90O14P2/c1-4-5-6-7-20-25-30-35-44(49)36-31-26-23-28-32-37-47(51)58-41-46(42-61-64(56,57)60-40-45(50)39-59-63(53,54)55)62-48(52)38-33-27-22-19-17-15-13-11-9-8-10-12-14-16-18-21-24-29-34-43(2)3/h20,25,30,35,43,45-46,50H,4-19,21-24,26-29,31-34,36-42H2,1-3H3,(H,56,57)(H2,53,54,55)/b25-20-,35-30+/t45-,46+/m0/s1. The van der Waals surface area contributed by atoms with E-state index in [1.54, 1.807) is 12.2 Å². The lowest BCUT2D eigenvalue weighted by Crippen LogP contribution is -2.30. The Balaban J connectivity index is 4.45. The van der Waals surface area contributed by atoms with Gasteiger partial charge in [-0.3, -0.25) is 28.0 Å². The lowest BCUT2D eigenvalue weighted by Gasteiger charge is -2.20. The van der Waals surface area contributed by atoms with Crippen LogP contribution in [0.2, 0.25) is 0 Å². The molecule has 0 aromatic carbocycles.